The number of hydrogen-bond donors (Lipinski definition) is 0. The van der Waals surface area contributed by atoms with Gasteiger partial charge in [-0.15, -0.1) is 0 Å². The summed E-state index contributed by atoms with van der Waals surface area (Å²) in [5.41, 5.74) is 1.65. The fraction of sp³-hybridized carbons (Fsp3) is 0.333. The third-order valence-corrected chi connectivity index (χ3v) is 5.92. The first-order valence-corrected chi connectivity index (χ1v) is 9.30. The molecule has 0 radical (unpaired) electrons. The van der Waals surface area contributed by atoms with Gasteiger partial charge in [-0.2, -0.15) is 9.57 Å². The average Bonchev–Trinajstić information content (AvgIpc) is 3.07. The van der Waals surface area contributed by atoms with E-state index in [1.807, 2.05) is 4.90 Å². The van der Waals surface area contributed by atoms with Gasteiger partial charge in [0.1, 0.15) is 18.1 Å². The van der Waals surface area contributed by atoms with E-state index in [-0.39, 0.29) is 5.75 Å². The fourth-order valence-electron chi connectivity index (χ4n) is 2.66. The molecule has 3 rings (SSSR count). The largest absolute Gasteiger partial charge is 0.368 e. The molecule has 0 spiro atoms. The van der Waals surface area contributed by atoms with Gasteiger partial charge < -0.3 is 9.42 Å². The Morgan fingerprint density at radius 3 is 2.62 bits per heavy atom. The summed E-state index contributed by atoms with van der Waals surface area (Å²) in [5.74, 6) is -0.176. The van der Waals surface area contributed by atoms with Gasteiger partial charge in [-0.25, -0.2) is 8.42 Å². The molecule has 0 unspecified atom stereocenters. The van der Waals surface area contributed by atoms with Crippen molar-refractivity contribution in [1.29, 1.82) is 5.26 Å². The summed E-state index contributed by atoms with van der Waals surface area (Å²) in [6, 6.07) is 8.76. The normalized spacial score (nSPS) is 16.1. The number of anilines is 1. The van der Waals surface area contributed by atoms with Gasteiger partial charge in [0.05, 0.1) is 16.9 Å². The van der Waals surface area contributed by atoms with Crippen molar-refractivity contribution in [3.8, 4) is 6.07 Å². The molecule has 1 aliphatic rings. The van der Waals surface area contributed by atoms with Gasteiger partial charge in [-0.05, 0) is 18.2 Å². The van der Waals surface area contributed by atoms with E-state index in [9.17, 15) is 13.7 Å². The lowest BCUT2D eigenvalue weighted by molar-refractivity contribution is 0.381. The SMILES string of the molecule is N#Cc1ccc(Cl)cc1N1CCN(S(=O)(=O)Cc2ccon2)CC1. The number of nitriles is 1. The maximum atomic E-state index is 12.4. The second-order valence-corrected chi connectivity index (χ2v) is 7.81. The predicted molar refractivity (Wildman–Crippen MR) is 89.1 cm³/mol. The van der Waals surface area contributed by atoms with E-state index < -0.39 is 10.0 Å². The Morgan fingerprint density at radius 1 is 1.25 bits per heavy atom. The highest BCUT2D eigenvalue weighted by atomic mass is 35.5. The van der Waals surface area contributed by atoms with Gasteiger partial charge in [0.15, 0.2) is 0 Å². The maximum absolute atomic E-state index is 12.4. The summed E-state index contributed by atoms with van der Waals surface area (Å²) in [6.45, 7) is 1.68. The van der Waals surface area contributed by atoms with Gasteiger partial charge in [0, 0.05) is 37.3 Å². The molecule has 0 amide bonds. The molecule has 7 nitrogen and oxygen atoms in total. The lowest BCUT2D eigenvalue weighted by atomic mass is 10.1. The van der Waals surface area contributed by atoms with Crippen molar-refractivity contribution in [1.82, 2.24) is 9.46 Å². The molecule has 1 aromatic heterocycles. The Hall–Kier alpha value is -2.08. The van der Waals surface area contributed by atoms with E-state index in [2.05, 4.69) is 15.7 Å². The van der Waals surface area contributed by atoms with Crippen molar-refractivity contribution >= 4 is 27.3 Å². The molecule has 1 fully saturated rings. The van der Waals surface area contributed by atoms with Crippen LogP contribution in [0.3, 0.4) is 0 Å². The van der Waals surface area contributed by atoms with Crippen LogP contribution in [0, 0.1) is 11.3 Å². The van der Waals surface area contributed by atoms with E-state index in [1.165, 1.54) is 10.6 Å². The van der Waals surface area contributed by atoms with Gasteiger partial charge in [-0.3, -0.25) is 0 Å². The van der Waals surface area contributed by atoms with Crippen molar-refractivity contribution in [2.24, 2.45) is 0 Å². The van der Waals surface area contributed by atoms with Gasteiger partial charge in [-0.1, -0.05) is 16.8 Å². The quantitative estimate of drug-likeness (QED) is 0.820. The third kappa shape index (κ3) is 3.53. The van der Waals surface area contributed by atoms with E-state index in [0.717, 1.165) is 5.69 Å². The maximum Gasteiger partial charge on any atom is 0.220 e. The summed E-state index contributed by atoms with van der Waals surface area (Å²) in [5, 5.41) is 13.4. The van der Waals surface area contributed by atoms with Crippen molar-refractivity contribution in [3.63, 3.8) is 0 Å². The van der Waals surface area contributed by atoms with Crippen molar-refractivity contribution in [3.05, 3.63) is 46.8 Å². The molecule has 1 saturated heterocycles. The van der Waals surface area contributed by atoms with Crippen LogP contribution >= 0.6 is 11.6 Å². The molecule has 0 bridgehead atoms. The Morgan fingerprint density at radius 2 is 2.00 bits per heavy atom. The number of nitrogens with zero attached hydrogens (tertiary/aromatic N) is 4. The molecule has 1 aliphatic heterocycles. The number of hydrogen-bond acceptors (Lipinski definition) is 6. The zero-order valence-electron chi connectivity index (χ0n) is 12.7. The second kappa shape index (κ2) is 6.81. The van der Waals surface area contributed by atoms with Crippen LogP contribution in [0.4, 0.5) is 5.69 Å². The van der Waals surface area contributed by atoms with E-state index in [1.54, 1.807) is 24.3 Å². The second-order valence-electron chi connectivity index (χ2n) is 5.41. The average molecular weight is 367 g/mol. The van der Waals surface area contributed by atoms with Crippen molar-refractivity contribution in [2.75, 3.05) is 31.1 Å². The fourth-order valence-corrected chi connectivity index (χ4v) is 4.25. The van der Waals surface area contributed by atoms with Crippen LogP contribution in [-0.2, 0) is 15.8 Å². The zero-order valence-corrected chi connectivity index (χ0v) is 14.3. The topological polar surface area (TPSA) is 90.4 Å². The predicted octanol–water partition coefficient (Wildman–Crippen LogP) is 1.85. The highest BCUT2D eigenvalue weighted by Gasteiger charge is 2.28. The smallest absolute Gasteiger partial charge is 0.220 e. The minimum absolute atomic E-state index is 0.176. The molecule has 0 aliphatic carbocycles. The van der Waals surface area contributed by atoms with Crippen LogP contribution in [0.25, 0.3) is 0 Å². The highest BCUT2D eigenvalue weighted by Crippen LogP contribution is 2.26. The lowest BCUT2D eigenvalue weighted by Gasteiger charge is -2.35. The molecular formula is C15H15ClN4O3S. The first-order chi connectivity index (χ1) is 11.5. The summed E-state index contributed by atoms with van der Waals surface area (Å²) in [7, 11) is -3.44. The van der Waals surface area contributed by atoms with E-state index in [4.69, 9.17) is 11.6 Å². The van der Waals surface area contributed by atoms with Crippen LogP contribution in [0.2, 0.25) is 5.02 Å². The number of benzene rings is 1. The van der Waals surface area contributed by atoms with E-state index >= 15 is 0 Å². The lowest BCUT2D eigenvalue weighted by Crippen LogP contribution is -2.49. The Kier molecular flexibility index (Phi) is 4.76. The first-order valence-electron chi connectivity index (χ1n) is 7.31. The van der Waals surface area contributed by atoms with Gasteiger partial charge in [0.25, 0.3) is 0 Å². The molecule has 9 heteroatoms. The number of halogens is 1. The molecule has 2 heterocycles. The number of sulfonamides is 1. The Bertz CT molecular complexity index is 853. The summed E-state index contributed by atoms with van der Waals surface area (Å²) >= 11 is 6.02. The minimum Gasteiger partial charge on any atom is -0.368 e. The van der Waals surface area contributed by atoms with Crippen LogP contribution in [0.15, 0.2) is 35.1 Å². The van der Waals surface area contributed by atoms with Crippen LogP contribution in [0.1, 0.15) is 11.3 Å². The number of aromatic nitrogens is 1. The molecule has 0 N–H and O–H groups in total. The van der Waals surface area contributed by atoms with Gasteiger partial charge >= 0.3 is 0 Å². The molecule has 1 aromatic carbocycles. The molecule has 0 saturated carbocycles. The monoisotopic (exact) mass is 366 g/mol. The Balaban J connectivity index is 1.70. The standard InChI is InChI=1S/C15H15ClN4O3S/c16-13-2-1-12(10-17)15(9-13)19-4-6-20(7-5-19)24(21,22)11-14-3-8-23-18-14/h1-3,8-9H,4-7,11H2. The van der Waals surface area contributed by atoms with Crippen LogP contribution in [0.5, 0.6) is 0 Å². The first kappa shape index (κ1) is 16.8. The minimum atomic E-state index is -3.44. The highest BCUT2D eigenvalue weighted by molar-refractivity contribution is 7.88. The summed E-state index contributed by atoms with van der Waals surface area (Å²) in [4.78, 5) is 1.98. The molecular weight excluding hydrogens is 352 g/mol. The van der Waals surface area contributed by atoms with Crippen molar-refractivity contribution < 1.29 is 12.9 Å². The zero-order chi connectivity index (χ0) is 17.2. The number of piperazine rings is 1. The van der Waals surface area contributed by atoms with Crippen molar-refractivity contribution in [2.45, 2.75) is 5.75 Å². The van der Waals surface area contributed by atoms with E-state index in [0.29, 0.717) is 42.5 Å². The third-order valence-electron chi connectivity index (χ3n) is 3.87. The van der Waals surface area contributed by atoms with Crippen LogP contribution < -0.4 is 4.90 Å². The van der Waals surface area contributed by atoms with Crippen LogP contribution in [-0.4, -0.2) is 44.1 Å². The molecule has 2 aromatic rings. The summed E-state index contributed by atoms with van der Waals surface area (Å²) < 4.78 is 31.0. The Labute approximate surface area is 145 Å². The molecule has 126 valence electrons. The molecule has 24 heavy (non-hydrogen) atoms. The van der Waals surface area contributed by atoms with Gasteiger partial charge in [0.2, 0.25) is 10.0 Å². The summed E-state index contributed by atoms with van der Waals surface area (Å²) in [6.07, 6.45) is 1.35. The number of rotatable bonds is 4. The molecule has 0 atom stereocenters.